The van der Waals surface area contributed by atoms with Crippen LogP contribution in [-0.2, 0) is 13.1 Å². The van der Waals surface area contributed by atoms with E-state index in [0.29, 0.717) is 30.9 Å². The molecule has 6 nitrogen and oxygen atoms in total. The fourth-order valence-electron chi connectivity index (χ4n) is 2.78. The summed E-state index contributed by atoms with van der Waals surface area (Å²) in [4.78, 5) is 14.4. The smallest absolute Gasteiger partial charge is 0.270 e. The van der Waals surface area contributed by atoms with Crippen molar-refractivity contribution < 1.29 is 19.5 Å². The Hall–Kier alpha value is -2.22. The minimum atomic E-state index is -1.23. The van der Waals surface area contributed by atoms with E-state index < -0.39 is 6.23 Å². The summed E-state index contributed by atoms with van der Waals surface area (Å²) >= 11 is 0. The lowest BCUT2D eigenvalue weighted by molar-refractivity contribution is 0.000668. The standard InChI is InChI=1S/C16H18FN3O3/c17-13-4-2-11(3-5-13)9-20-7-1-6-19-10-12(15(21)18-23)8-14(19)16(20)22/h2-5,8,10,15,18,21,23H,1,6-7,9H2. The number of carbonyl (C=O) groups is 1. The van der Waals surface area contributed by atoms with Crippen LogP contribution in [0.4, 0.5) is 4.39 Å². The second-order valence-electron chi connectivity index (χ2n) is 5.59. The summed E-state index contributed by atoms with van der Waals surface area (Å²) in [5, 5.41) is 18.4. The van der Waals surface area contributed by atoms with Crippen LogP contribution in [0.15, 0.2) is 36.5 Å². The Morgan fingerprint density at radius 1 is 1.26 bits per heavy atom. The fourth-order valence-corrected chi connectivity index (χ4v) is 2.78. The van der Waals surface area contributed by atoms with E-state index in [4.69, 9.17) is 5.21 Å². The zero-order valence-electron chi connectivity index (χ0n) is 12.4. The van der Waals surface area contributed by atoms with Crippen molar-refractivity contribution in [3.05, 3.63) is 59.2 Å². The molecule has 122 valence electrons. The van der Waals surface area contributed by atoms with Gasteiger partial charge < -0.3 is 19.8 Å². The van der Waals surface area contributed by atoms with E-state index in [1.54, 1.807) is 39.3 Å². The van der Waals surface area contributed by atoms with Gasteiger partial charge in [0.15, 0.2) is 6.23 Å². The van der Waals surface area contributed by atoms with Gasteiger partial charge in [-0.15, -0.1) is 0 Å². The molecule has 1 aliphatic rings. The number of nitrogens with zero attached hydrogens (tertiary/aromatic N) is 2. The Balaban J connectivity index is 1.82. The van der Waals surface area contributed by atoms with Gasteiger partial charge in [0, 0.05) is 31.4 Å². The Morgan fingerprint density at radius 3 is 2.70 bits per heavy atom. The predicted octanol–water partition coefficient (Wildman–Crippen LogP) is 1.64. The number of nitrogens with one attached hydrogen (secondary N) is 1. The van der Waals surface area contributed by atoms with Crippen molar-refractivity contribution >= 4 is 5.91 Å². The van der Waals surface area contributed by atoms with E-state index in [2.05, 4.69) is 0 Å². The normalized spacial score (nSPS) is 16.1. The number of benzene rings is 1. The van der Waals surface area contributed by atoms with E-state index in [9.17, 15) is 14.3 Å². The first-order valence-electron chi connectivity index (χ1n) is 7.40. The Morgan fingerprint density at radius 2 is 2.00 bits per heavy atom. The first-order chi connectivity index (χ1) is 11.1. The second-order valence-corrected chi connectivity index (χ2v) is 5.59. The van der Waals surface area contributed by atoms with Gasteiger partial charge in [0.25, 0.3) is 5.91 Å². The van der Waals surface area contributed by atoms with Crippen LogP contribution in [-0.4, -0.2) is 32.2 Å². The lowest BCUT2D eigenvalue weighted by atomic mass is 10.2. The second kappa shape index (κ2) is 6.49. The van der Waals surface area contributed by atoms with Crippen LogP contribution >= 0.6 is 0 Å². The van der Waals surface area contributed by atoms with Gasteiger partial charge in [0.1, 0.15) is 11.5 Å². The molecule has 1 unspecified atom stereocenters. The minimum Gasteiger partial charge on any atom is -0.372 e. The maximum atomic E-state index is 13.0. The molecule has 0 fully saturated rings. The van der Waals surface area contributed by atoms with E-state index in [0.717, 1.165) is 12.0 Å². The number of fused-ring (bicyclic) bond motifs is 1. The fraction of sp³-hybridized carbons (Fsp3) is 0.312. The van der Waals surface area contributed by atoms with Crippen molar-refractivity contribution in [2.24, 2.45) is 0 Å². The Labute approximate surface area is 132 Å². The molecular weight excluding hydrogens is 301 g/mol. The highest BCUT2D eigenvalue weighted by atomic mass is 19.1. The quantitative estimate of drug-likeness (QED) is 0.591. The van der Waals surface area contributed by atoms with Crippen LogP contribution in [0.3, 0.4) is 0 Å². The Kier molecular flexibility index (Phi) is 4.42. The molecule has 7 heteroatoms. The highest BCUT2D eigenvalue weighted by molar-refractivity contribution is 5.93. The number of amides is 1. The van der Waals surface area contributed by atoms with Gasteiger partial charge in [-0.25, -0.2) is 4.39 Å². The molecule has 0 radical (unpaired) electrons. The molecule has 0 saturated carbocycles. The molecule has 1 aromatic carbocycles. The number of hydrogen-bond acceptors (Lipinski definition) is 4. The lowest BCUT2D eigenvalue weighted by Gasteiger charge is -2.20. The monoisotopic (exact) mass is 319 g/mol. The van der Waals surface area contributed by atoms with Gasteiger partial charge in [-0.05, 0) is 30.2 Å². The molecule has 0 bridgehead atoms. The van der Waals surface area contributed by atoms with Crippen molar-refractivity contribution in [1.29, 1.82) is 0 Å². The summed E-state index contributed by atoms with van der Waals surface area (Å²) in [6, 6.07) is 7.65. The third kappa shape index (κ3) is 3.26. The molecule has 1 aliphatic heterocycles. The molecule has 0 saturated heterocycles. The van der Waals surface area contributed by atoms with E-state index in [1.165, 1.54) is 12.1 Å². The van der Waals surface area contributed by atoms with Crippen LogP contribution in [0.1, 0.15) is 34.3 Å². The van der Waals surface area contributed by atoms with Crippen LogP contribution in [0.5, 0.6) is 0 Å². The van der Waals surface area contributed by atoms with Crippen molar-refractivity contribution in [2.45, 2.75) is 25.7 Å². The van der Waals surface area contributed by atoms with Crippen molar-refractivity contribution in [3.8, 4) is 0 Å². The average Bonchev–Trinajstić information content (AvgIpc) is 2.93. The third-order valence-corrected chi connectivity index (χ3v) is 3.98. The van der Waals surface area contributed by atoms with Crippen LogP contribution in [0, 0.1) is 5.82 Å². The minimum absolute atomic E-state index is 0.150. The predicted molar refractivity (Wildman–Crippen MR) is 80.1 cm³/mol. The molecule has 0 spiro atoms. The summed E-state index contributed by atoms with van der Waals surface area (Å²) in [6.07, 6.45) is 1.20. The van der Waals surface area contributed by atoms with E-state index in [-0.39, 0.29) is 11.7 Å². The summed E-state index contributed by atoms with van der Waals surface area (Å²) in [7, 11) is 0. The highest BCUT2D eigenvalue weighted by Crippen LogP contribution is 2.21. The number of hydroxylamine groups is 1. The van der Waals surface area contributed by atoms with Gasteiger partial charge in [-0.2, -0.15) is 5.48 Å². The third-order valence-electron chi connectivity index (χ3n) is 3.98. The molecule has 3 N–H and O–H groups in total. The number of rotatable bonds is 4. The lowest BCUT2D eigenvalue weighted by Crippen LogP contribution is -2.30. The molecule has 1 atom stereocenters. The molecule has 0 aliphatic carbocycles. The van der Waals surface area contributed by atoms with Crippen LogP contribution in [0.25, 0.3) is 0 Å². The first kappa shape index (κ1) is 15.7. The first-order valence-corrected chi connectivity index (χ1v) is 7.40. The topological polar surface area (TPSA) is 77.7 Å². The van der Waals surface area contributed by atoms with Crippen molar-refractivity contribution in [3.63, 3.8) is 0 Å². The van der Waals surface area contributed by atoms with Gasteiger partial charge in [-0.1, -0.05) is 12.1 Å². The average molecular weight is 319 g/mol. The number of aliphatic hydroxyl groups excluding tert-OH is 1. The SMILES string of the molecule is O=C1c2cc(C(O)NO)cn2CCCN1Cc1ccc(F)cc1. The number of carbonyl (C=O) groups excluding carboxylic acids is 1. The van der Waals surface area contributed by atoms with E-state index >= 15 is 0 Å². The van der Waals surface area contributed by atoms with Crippen LogP contribution in [0.2, 0.25) is 0 Å². The molecule has 3 rings (SSSR count). The zero-order chi connectivity index (χ0) is 16.4. The molecule has 2 aromatic rings. The molecule has 1 aromatic heterocycles. The number of aliphatic hydroxyl groups is 1. The number of aromatic nitrogens is 1. The molecule has 2 heterocycles. The maximum Gasteiger partial charge on any atom is 0.270 e. The van der Waals surface area contributed by atoms with Crippen molar-refractivity contribution in [2.75, 3.05) is 6.54 Å². The van der Waals surface area contributed by atoms with Gasteiger partial charge in [0.05, 0.1) is 0 Å². The molecule has 23 heavy (non-hydrogen) atoms. The number of hydrogen-bond donors (Lipinski definition) is 3. The Bertz CT molecular complexity index is 699. The number of halogens is 1. The van der Waals surface area contributed by atoms with Gasteiger partial charge >= 0.3 is 0 Å². The highest BCUT2D eigenvalue weighted by Gasteiger charge is 2.25. The zero-order valence-corrected chi connectivity index (χ0v) is 12.4. The molecule has 1 amide bonds. The summed E-state index contributed by atoms with van der Waals surface area (Å²) in [5.41, 5.74) is 3.51. The van der Waals surface area contributed by atoms with E-state index in [1.807, 2.05) is 0 Å². The number of aryl methyl sites for hydroxylation is 1. The summed E-state index contributed by atoms with van der Waals surface area (Å²) < 4.78 is 14.8. The van der Waals surface area contributed by atoms with Gasteiger partial charge in [-0.3, -0.25) is 4.79 Å². The van der Waals surface area contributed by atoms with Crippen LogP contribution < -0.4 is 5.48 Å². The maximum absolute atomic E-state index is 13.0. The summed E-state index contributed by atoms with van der Waals surface area (Å²) in [6.45, 7) is 1.66. The largest absolute Gasteiger partial charge is 0.372 e. The van der Waals surface area contributed by atoms with Crippen molar-refractivity contribution in [1.82, 2.24) is 14.9 Å². The molecular formula is C16H18FN3O3. The van der Waals surface area contributed by atoms with Gasteiger partial charge in [0.2, 0.25) is 0 Å². The summed E-state index contributed by atoms with van der Waals surface area (Å²) in [5.74, 6) is -0.455.